The Morgan fingerprint density at radius 2 is 2.45 bits per heavy atom. The normalized spacial score (nSPS) is 9.91. The van der Waals surface area contributed by atoms with E-state index in [1.165, 1.54) is 4.57 Å². The van der Waals surface area contributed by atoms with Gasteiger partial charge in [-0.1, -0.05) is 0 Å². The van der Waals surface area contributed by atoms with Gasteiger partial charge in [0, 0.05) is 6.54 Å². The number of hydrogen-bond acceptors (Lipinski definition) is 3. The second kappa shape index (κ2) is 2.87. The minimum atomic E-state index is -0.378. The molecular weight excluding hydrogens is 164 g/mol. The van der Waals surface area contributed by atoms with Crippen LogP contribution >= 0.6 is 12.2 Å². The van der Waals surface area contributed by atoms with Crippen molar-refractivity contribution in [2.75, 3.05) is 0 Å². The number of aromatic amines is 1. The van der Waals surface area contributed by atoms with E-state index < -0.39 is 0 Å². The van der Waals surface area contributed by atoms with Crippen LogP contribution in [0, 0.1) is 4.77 Å². The van der Waals surface area contributed by atoms with Crippen LogP contribution in [-0.2, 0) is 6.54 Å². The number of nitrogens with one attached hydrogen (secondary N) is 1. The SMILES string of the molecule is CCn1c(O)cc(=O)[nH]c1=S. The van der Waals surface area contributed by atoms with Crippen LogP contribution in [0.1, 0.15) is 6.92 Å². The molecule has 0 amide bonds. The molecule has 0 bridgehead atoms. The van der Waals surface area contributed by atoms with E-state index in [4.69, 9.17) is 17.3 Å². The van der Waals surface area contributed by atoms with E-state index in [0.29, 0.717) is 6.54 Å². The first-order valence-corrected chi connectivity index (χ1v) is 3.59. The molecule has 11 heavy (non-hydrogen) atoms. The number of H-pyrrole nitrogens is 1. The van der Waals surface area contributed by atoms with E-state index in [1.54, 1.807) is 0 Å². The highest BCUT2D eigenvalue weighted by Crippen LogP contribution is 2.03. The minimum Gasteiger partial charge on any atom is -0.494 e. The Morgan fingerprint density at radius 1 is 1.82 bits per heavy atom. The topological polar surface area (TPSA) is 58.0 Å². The van der Waals surface area contributed by atoms with Gasteiger partial charge in [-0.15, -0.1) is 0 Å². The molecule has 0 aliphatic rings. The molecule has 0 spiro atoms. The maximum atomic E-state index is 10.7. The van der Waals surface area contributed by atoms with Gasteiger partial charge in [-0.3, -0.25) is 14.3 Å². The number of aromatic nitrogens is 2. The van der Waals surface area contributed by atoms with Crippen molar-refractivity contribution in [2.45, 2.75) is 13.5 Å². The summed E-state index contributed by atoms with van der Waals surface area (Å²) in [5.41, 5.74) is -0.378. The van der Waals surface area contributed by atoms with Crippen molar-refractivity contribution < 1.29 is 5.11 Å². The third-order valence-electron chi connectivity index (χ3n) is 1.33. The Balaban J connectivity index is 3.49. The van der Waals surface area contributed by atoms with E-state index in [1.807, 2.05) is 6.92 Å². The Kier molecular flexibility index (Phi) is 2.09. The zero-order valence-corrected chi connectivity index (χ0v) is 6.81. The van der Waals surface area contributed by atoms with Gasteiger partial charge < -0.3 is 5.11 Å². The molecule has 4 nitrogen and oxygen atoms in total. The van der Waals surface area contributed by atoms with Crippen molar-refractivity contribution in [3.63, 3.8) is 0 Å². The van der Waals surface area contributed by atoms with Crippen LogP contribution in [0.15, 0.2) is 10.9 Å². The summed E-state index contributed by atoms with van der Waals surface area (Å²) in [6, 6.07) is 1.10. The average Bonchev–Trinajstić information content (AvgIpc) is 1.85. The maximum Gasteiger partial charge on any atom is 0.255 e. The number of nitrogens with zero attached hydrogens (tertiary/aromatic N) is 1. The van der Waals surface area contributed by atoms with Crippen molar-refractivity contribution >= 4 is 12.2 Å². The average molecular weight is 172 g/mol. The molecule has 60 valence electrons. The zero-order valence-electron chi connectivity index (χ0n) is 6.00. The predicted molar refractivity (Wildman–Crippen MR) is 43.2 cm³/mol. The third-order valence-corrected chi connectivity index (χ3v) is 1.65. The third kappa shape index (κ3) is 1.48. The summed E-state index contributed by atoms with van der Waals surface area (Å²) in [6.45, 7) is 2.37. The summed E-state index contributed by atoms with van der Waals surface area (Å²) in [7, 11) is 0. The van der Waals surface area contributed by atoms with E-state index in [0.717, 1.165) is 6.07 Å². The van der Waals surface area contributed by atoms with Gasteiger partial charge in [0.1, 0.15) is 0 Å². The van der Waals surface area contributed by atoms with Crippen molar-refractivity contribution in [1.82, 2.24) is 9.55 Å². The van der Waals surface area contributed by atoms with Gasteiger partial charge in [-0.2, -0.15) is 0 Å². The van der Waals surface area contributed by atoms with Crippen LogP contribution in [0.3, 0.4) is 0 Å². The molecule has 2 N–H and O–H groups in total. The van der Waals surface area contributed by atoms with Gasteiger partial charge >= 0.3 is 0 Å². The fourth-order valence-electron chi connectivity index (χ4n) is 0.814. The van der Waals surface area contributed by atoms with E-state index >= 15 is 0 Å². The molecule has 0 aliphatic carbocycles. The lowest BCUT2D eigenvalue weighted by Gasteiger charge is -2.03. The molecule has 0 aliphatic heterocycles. The molecule has 0 saturated heterocycles. The van der Waals surface area contributed by atoms with E-state index in [-0.39, 0.29) is 16.2 Å². The molecule has 1 rings (SSSR count). The van der Waals surface area contributed by atoms with Gasteiger partial charge in [0.15, 0.2) is 10.7 Å². The van der Waals surface area contributed by atoms with Crippen LogP contribution in [0.5, 0.6) is 5.88 Å². The smallest absolute Gasteiger partial charge is 0.255 e. The lowest BCUT2D eigenvalue weighted by Crippen LogP contribution is -2.11. The van der Waals surface area contributed by atoms with Crippen molar-refractivity contribution in [3.05, 3.63) is 21.2 Å². The molecule has 0 unspecified atom stereocenters. The minimum absolute atomic E-state index is 0.0961. The number of hydrogen-bond donors (Lipinski definition) is 2. The van der Waals surface area contributed by atoms with Gasteiger partial charge in [0.25, 0.3) is 5.56 Å². The van der Waals surface area contributed by atoms with Crippen LogP contribution in [0.2, 0.25) is 0 Å². The molecule has 0 atom stereocenters. The zero-order chi connectivity index (χ0) is 8.43. The molecule has 1 aromatic rings. The van der Waals surface area contributed by atoms with Crippen LogP contribution < -0.4 is 5.56 Å². The standard InChI is InChI=1S/C6H8N2O2S/c1-2-8-5(10)3-4(9)7-6(8)11/h3,10H,2H2,1H3,(H,7,9,11). The van der Waals surface area contributed by atoms with Crippen LogP contribution in [0.4, 0.5) is 0 Å². The fraction of sp³-hybridized carbons (Fsp3) is 0.333. The maximum absolute atomic E-state index is 10.7. The van der Waals surface area contributed by atoms with Crippen molar-refractivity contribution in [2.24, 2.45) is 0 Å². The first-order valence-electron chi connectivity index (χ1n) is 3.18. The van der Waals surface area contributed by atoms with Crippen molar-refractivity contribution in [1.29, 1.82) is 0 Å². The number of aromatic hydroxyl groups is 1. The second-order valence-electron chi connectivity index (χ2n) is 2.04. The number of rotatable bonds is 1. The highest BCUT2D eigenvalue weighted by Gasteiger charge is 1.97. The quantitative estimate of drug-likeness (QED) is 0.611. The molecule has 0 fully saturated rings. The van der Waals surface area contributed by atoms with Gasteiger partial charge in [-0.25, -0.2) is 0 Å². The first-order chi connectivity index (χ1) is 5.15. The largest absolute Gasteiger partial charge is 0.494 e. The van der Waals surface area contributed by atoms with Gasteiger partial charge in [0.05, 0.1) is 6.07 Å². The lowest BCUT2D eigenvalue weighted by molar-refractivity contribution is 0.409. The lowest BCUT2D eigenvalue weighted by atomic mass is 10.6. The fourth-order valence-corrected chi connectivity index (χ4v) is 1.14. The van der Waals surface area contributed by atoms with E-state index in [9.17, 15) is 4.79 Å². The summed E-state index contributed by atoms with van der Waals surface area (Å²) in [5, 5.41) is 9.15. The van der Waals surface area contributed by atoms with E-state index in [2.05, 4.69) is 4.98 Å². The van der Waals surface area contributed by atoms with Gasteiger partial charge in [-0.05, 0) is 19.1 Å². The second-order valence-corrected chi connectivity index (χ2v) is 2.43. The highest BCUT2D eigenvalue weighted by molar-refractivity contribution is 7.71. The van der Waals surface area contributed by atoms with Crippen LogP contribution in [0.25, 0.3) is 0 Å². The Hall–Kier alpha value is -1.10. The summed E-state index contributed by atoms with van der Waals surface area (Å²) < 4.78 is 1.68. The Labute approximate surface area is 68.1 Å². The van der Waals surface area contributed by atoms with Gasteiger partial charge in [0.2, 0.25) is 0 Å². The summed E-state index contributed by atoms with van der Waals surface area (Å²) in [4.78, 5) is 13.1. The molecule has 1 aromatic heterocycles. The molecular formula is C6H8N2O2S. The molecule has 0 aromatic carbocycles. The Morgan fingerprint density at radius 3 is 2.91 bits per heavy atom. The Bertz CT molecular complexity index is 366. The summed E-state index contributed by atoms with van der Waals surface area (Å²) >= 11 is 4.77. The molecule has 5 heteroatoms. The summed E-state index contributed by atoms with van der Waals surface area (Å²) in [5.74, 6) is -0.0961. The first kappa shape index (κ1) is 8.00. The predicted octanol–water partition coefficient (Wildman–Crippen LogP) is 0.631. The summed E-state index contributed by atoms with van der Waals surface area (Å²) in [6.07, 6.45) is 0. The highest BCUT2D eigenvalue weighted by atomic mass is 32.1. The molecule has 1 heterocycles. The van der Waals surface area contributed by atoms with Crippen LogP contribution in [-0.4, -0.2) is 14.7 Å². The monoisotopic (exact) mass is 172 g/mol. The van der Waals surface area contributed by atoms with Crippen molar-refractivity contribution in [3.8, 4) is 5.88 Å². The molecule has 0 radical (unpaired) electrons. The molecule has 0 saturated carbocycles.